The van der Waals surface area contributed by atoms with Crippen molar-refractivity contribution in [2.75, 3.05) is 0 Å². The van der Waals surface area contributed by atoms with Crippen LogP contribution < -0.4 is 4.74 Å². The standard InChI is InChI=1S/C12H14NO3/c14-13(15)11-8-4-5-9-12(11)16-10-6-2-1-3-7-10/h4-5,9-10H,1-3,6-7H2. The molecule has 1 aromatic rings. The normalized spacial score (nSPS) is 17.0. The third kappa shape index (κ3) is 2.51. The molecule has 0 N–H and O–H groups in total. The average Bonchev–Trinajstić information content (AvgIpc) is 2.31. The average molecular weight is 220 g/mol. The second-order valence-corrected chi connectivity index (χ2v) is 4.02. The van der Waals surface area contributed by atoms with Gasteiger partial charge in [0.15, 0.2) is 5.75 Å². The number of hydrogen-bond donors (Lipinski definition) is 0. The summed E-state index contributed by atoms with van der Waals surface area (Å²) in [4.78, 5) is 10.3. The number of nitro benzene ring substituents is 1. The number of hydrogen-bond acceptors (Lipinski definition) is 3. The summed E-state index contributed by atoms with van der Waals surface area (Å²) >= 11 is 0. The van der Waals surface area contributed by atoms with E-state index in [1.165, 1.54) is 12.5 Å². The summed E-state index contributed by atoms with van der Waals surface area (Å²) < 4.78 is 5.67. The monoisotopic (exact) mass is 220 g/mol. The zero-order valence-electron chi connectivity index (χ0n) is 9.02. The SMILES string of the molecule is O=[N+]([O-])c1[c]cccc1OC1CCCCC1. The number of nitrogens with zero attached hydrogens (tertiary/aromatic N) is 1. The fourth-order valence-corrected chi connectivity index (χ4v) is 2.01. The number of benzene rings is 1. The molecule has 0 aromatic heterocycles. The first-order chi connectivity index (χ1) is 7.77. The van der Waals surface area contributed by atoms with Gasteiger partial charge >= 0.3 is 5.69 Å². The Morgan fingerprint density at radius 3 is 2.81 bits per heavy atom. The van der Waals surface area contributed by atoms with E-state index in [2.05, 4.69) is 6.07 Å². The largest absolute Gasteiger partial charge is 0.483 e. The van der Waals surface area contributed by atoms with Crippen LogP contribution in [-0.4, -0.2) is 11.0 Å². The smallest absolute Gasteiger partial charge is 0.318 e. The Morgan fingerprint density at radius 2 is 2.12 bits per heavy atom. The first-order valence-corrected chi connectivity index (χ1v) is 5.59. The van der Waals surface area contributed by atoms with Crippen molar-refractivity contribution in [3.05, 3.63) is 34.4 Å². The molecule has 0 amide bonds. The Kier molecular flexibility index (Phi) is 3.39. The van der Waals surface area contributed by atoms with Gasteiger partial charge in [-0.15, -0.1) is 0 Å². The quantitative estimate of drug-likeness (QED) is 0.581. The summed E-state index contributed by atoms with van der Waals surface area (Å²) in [7, 11) is 0. The number of para-hydroxylation sites is 1. The van der Waals surface area contributed by atoms with Crippen LogP contribution in [0.15, 0.2) is 18.2 Å². The van der Waals surface area contributed by atoms with Gasteiger partial charge in [0.05, 0.1) is 17.1 Å². The van der Waals surface area contributed by atoms with Gasteiger partial charge in [-0.3, -0.25) is 10.1 Å². The topological polar surface area (TPSA) is 52.4 Å². The summed E-state index contributed by atoms with van der Waals surface area (Å²) in [6, 6.07) is 7.49. The van der Waals surface area contributed by atoms with Gasteiger partial charge in [0.25, 0.3) is 0 Å². The van der Waals surface area contributed by atoms with Crippen molar-refractivity contribution in [2.24, 2.45) is 0 Å². The van der Waals surface area contributed by atoms with Crippen LogP contribution in [0.5, 0.6) is 5.75 Å². The molecule has 0 bridgehead atoms. The van der Waals surface area contributed by atoms with Gasteiger partial charge in [-0.2, -0.15) is 0 Å². The lowest BCUT2D eigenvalue weighted by Crippen LogP contribution is -2.20. The predicted molar refractivity (Wildman–Crippen MR) is 59.4 cm³/mol. The molecule has 0 spiro atoms. The molecule has 1 aliphatic carbocycles. The van der Waals surface area contributed by atoms with E-state index in [9.17, 15) is 10.1 Å². The molecule has 1 aromatic carbocycles. The first-order valence-electron chi connectivity index (χ1n) is 5.59. The van der Waals surface area contributed by atoms with Gasteiger partial charge in [0, 0.05) is 0 Å². The molecule has 1 fully saturated rings. The Morgan fingerprint density at radius 1 is 1.38 bits per heavy atom. The summed E-state index contributed by atoms with van der Waals surface area (Å²) in [6.07, 6.45) is 5.65. The van der Waals surface area contributed by atoms with Gasteiger partial charge in [0.1, 0.15) is 0 Å². The molecule has 1 radical (unpaired) electrons. The van der Waals surface area contributed by atoms with E-state index in [0.29, 0.717) is 5.75 Å². The van der Waals surface area contributed by atoms with Crippen molar-refractivity contribution in [1.82, 2.24) is 0 Å². The fraction of sp³-hybridized carbons (Fsp3) is 0.500. The van der Waals surface area contributed by atoms with Crippen molar-refractivity contribution in [3.63, 3.8) is 0 Å². The summed E-state index contributed by atoms with van der Waals surface area (Å²) in [5, 5.41) is 10.8. The van der Waals surface area contributed by atoms with Crippen LogP contribution >= 0.6 is 0 Å². The summed E-state index contributed by atoms with van der Waals surface area (Å²) in [5.74, 6) is 0.347. The number of rotatable bonds is 3. The van der Waals surface area contributed by atoms with E-state index >= 15 is 0 Å². The van der Waals surface area contributed by atoms with Crippen molar-refractivity contribution in [2.45, 2.75) is 38.2 Å². The molecule has 4 heteroatoms. The molecule has 2 rings (SSSR count). The van der Waals surface area contributed by atoms with Crippen molar-refractivity contribution < 1.29 is 9.66 Å². The lowest BCUT2D eigenvalue weighted by atomic mass is 9.98. The van der Waals surface area contributed by atoms with E-state index in [1.807, 2.05) is 0 Å². The molecule has 4 nitrogen and oxygen atoms in total. The minimum Gasteiger partial charge on any atom is -0.483 e. The molecular weight excluding hydrogens is 206 g/mol. The van der Waals surface area contributed by atoms with Crippen LogP contribution in [0, 0.1) is 16.2 Å². The highest BCUT2D eigenvalue weighted by Crippen LogP contribution is 2.29. The van der Waals surface area contributed by atoms with Crippen LogP contribution in [0.2, 0.25) is 0 Å². The zero-order valence-corrected chi connectivity index (χ0v) is 9.02. The van der Waals surface area contributed by atoms with E-state index in [0.717, 1.165) is 25.7 Å². The minimum absolute atomic E-state index is 0.0620. The van der Waals surface area contributed by atoms with Gasteiger partial charge in [-0.1, -0.05) is 12.5 Å². The number of nitro groups is 1. The van der Waals surface area contributed by atoms with Gasteiger partial charge < -0.3 is 4.74 Å². The van der Waals surface area contributed by atoms with Crippen LogP contribution in [-0.2, 0) is 0 Å². The zero-order chi connectivity index (χ0) is 11.4. The maximum atomic E-state index is 10.8. The highest BCUT2D eigenvalue weighted by atomic mass is 16.6. The molecular formula is C12H14NO3. The minimum atomic E-state index is -0.446. The highest BCUT2D eigenvalue weighted by Gasteiger charge is 2.20. The van der Waals surface area contributed by atoms with Gasteiger partial charge in [-0.25, -0.2) is 0 Å². The van der Waals surface area contributed by atoms with Crippen molar-refractivity contribution in [3.8, 4) is 5.75 Å². The van der Waals surface area contributed by atoms with Crippen LogP contribution in [0.4, 0.5) is 5.69 Å². The lowest BCUT2D eigenvalue weighted by Gasteiger charge is -2.22. The van der Waals surface area contributed by atoms with E-state index < -0.39 is 4.92 Å². The summed E-state index contributed by atoms with van der Waals surface area (Å²) in [5.41, 5.74) is -0.0620. The molecule has 0 heterocycles. The Balaban J connectivity index is 2.10. The molecule has 1 aliphatic rings. The molecule has 0 aliphatic heterocycles. The summed E-state index contributed by atoms with van der Waals surface area (Å²) in [6.45, 7) is 0. The van der Waals surface area contributed by atoms with Crippen LogP contribution in [0.25, 0.3) is 0 Å². The maximum Gasteiger partial charge on any atom is 0.318 e. The molecule has 0 saturated heterocycles. The van der Waals surface area contributed by atoms with Crippen LogP contribution in [0.3, 0.4) is 0 Å². The second-order valence-electron chi connectivity index (χ2n) is 4.02. The van der Waals surface area contributed by atoms with E-state index in [-0.39, 0.29) is 11.8 Å². The van der Waals surface area contributed by atoms with Gasteiger partial charge in [0.2, 0.25) is 0 Å². The molecule has 1 saturated carbocycles. The fourth-order valence-electron chi connectivity index (χ4n) is 2.01. The molecule has 0 atom stereocenters. The molecule has 0 unspecified atom stereocenters. The number of ether oxygens (including phenoxy) is 1. The van der Waals surface area contributed by atoms with Gasteiger partial charge in [-0.05, 0) is 37.8 Å². The molecule has 16 heavy (non-hydrogen) atoms. The predicted octanol–water partition coefficient (Wildman–Crippen LogP) is 3.11. The Labute approximate surface area is 94.4 Å². The third-order valence-electron chi connectivity index (χ3n) is 2.83. The van der Waals surface area contributed by atoms with Crippen molar-refractivity contribution >= 4 is 5.69 Å². The van der Waals surface area contributed by atoms with Crippen LogP contribution in [0.1, 0.15) is 32.1 Å². The van der Waals surface area contributed by atoms with Crippen molar-refractivity contribution in [1.29, 1.82) is 0 Å². The maximum absolute atomic E-state index is 10.8. The lowest BCUT2D eigenvalue weighted by molar-refractivity contribution is -0.386. The third-order valence-corrected chi connectivity index (χ3v) is 2.83. The molecule has 85 valence electrons. The van der Waals surface area contributed by atoms with E-state index in [1.54, 1.807) is 12.1 Å². The van der Waals surface area contributed by atoms with E-state index in [4.69, 9.17) is 4.74 Å². The Hall–Kier alpha value is -1.58. The highest BCUT2D eigenvalue weighted by molar-refractivity contribution is 5.44. The second kappa shape index (κ2) is 4.96. The Bertz CT molecular complexity index is 372. The first kappa shape index (κ1) is 10.9.